The Morgan fingerprint density at radius 1 is 1.42 bits per heavy atom. The summed E-state index contributed by atoms with van der Waals surface area (Å²) in [6, 6.07) is 9.46. The fourth-order valence-electron chi connectivity index (χ4n) is 2.90. The SMILES string of the molecule is C[C@@H](OC(=O)[C@@H]1CC(=O)N(Cc2ccco2)C1)c1cccc([N+](=O)[O-])c1. The lowest BCUT2D eigenvalue weighted by molar-refractivity contribution is -0.385. The number of furan rings is 1. The fraction of sp³-hybridized carbons (Fsp3) is 0.333. The first-order valence-corrected chi connectivity index (χ1v) is 8.19. The summed E-state index contributed by atoms with van der Waals surface area (Å²) >= 11 is 0. The monoisotopic (exact) mass is 358 g/mol. The van der Waals surface area contributed by atoms with E-state index in [1.54, 1.807) is 36.1 Å². The van der Waals surface area contributed by atoms with E-state index in [0.29, 0.717) is 17.9 Å². The molecule has 0 unspecified atom stereocenters. The highest BCUT2D eigenvalue weighted by Gasteiger charge is 2.36. The molecule has 1 aliphatic heterocycles. The van der Waals surface area contributed by atoms with Crippen molar-refractivity contribution in [3.8, 4) is 0 Å². The van der Waals surface area contributed by atoms with Crippen LogP contribution in [0.3, 0.4) is 0 Å². The van der Waals surface area contributed by atoms with Crippen LogP contribution in [0.4, 0.5) is 5.69 Å². The number of amides is 1. The van der Waals surface area contributed by atoms with E-state index in [1.165, 1.54) is 18.4 Å². The summed E-state index contributed by atoms with van der Waals surface area (Å²) < 4.78 is 10.7. The van der Waals surface area contributed by atoms with Crippen LogP contribution >= 0.6 is 0 Å². The van der Waals surface area contributed by atoms with Gasteiger partial charge in [0.1, 0.15) is 11.9 Å². The summed E-state index contributed by atoms with van der Waals surface area (Å²) in [5.41, 5.74) is 0.468. The van der Waals surface area contributed by atoms with Crippen molar-refractivity contribution in [2.75, 3.05) is 6.54 Å². The molecule has 1 aromatic heterocycles. The molecule has 0 spiro atoms. The van der Waals surface area contributed by atoms with Gasteiger partial charge in [0.15, 0.2) is 0 Å². The summed E-state index contributed by atoms with van der Waals surface area (Å²) in [6.07, 6.45) is 0.973. The molecule has 8 heteroatoms. The van der Waals surface area contributed by atoms with Crippen LogP contribution in [0.5, 0.6) is 0 Å². The van der Waals surface area contributed by atoms with Gasteiger partial charge in [-0.05, 0) is 24.6 Å². The summed E-state index contributed by atoms with van der Waals surface area (Å²) in [7, 11) is 0. The van der Waals surface area contributed by atoms with Crippen LogP contribution in [-0.4, -0.2) is 28.2 Å². The second kappa shape index (κ2) is 7.38. The van der Waals surface area contributed by atoms with Crippen molar-refractivity contribution in [3.63, 3.8) is 0 Å². The molecule has 2 atom stereocenters. The average molecular weight is 358 g/mol. The first kappa shape index (κ1) is 17.7. The zero-order valence-corrected chi connectivity index (χ0v) is 14.2. The maximum absolute atomic E-state index is 12.4. The molecule has 0 N–H and O–H groups in total. The molecule has 8 nitrogen and oxygen atoms in total. The summed E-state index contributed by atoms with van der Waals surface area (Å²) in [5, 5.41) is 10.9. The van der Waals surface area contributed by atoms with Gasteiger partial charge in [0, 0.05) is 25.1 Å². The van der Waals surface area contributed by atoms with Crippen molar-refractivity contribution in [3.05, 3.63) is 64.1 Å². The lowest BCUT2D eigenvalue weighted by Gasteiger charge is -2.17. The van der Waals surface area contributed by atoms with Gasteiger partial charge in [0.2, 0.25) is 5.91 Å². The highest BCUT2D eigenvalue weighted by atomic mass is 16.6. The van der Waals surface area contributed by atoms with Gasteiger partial charge in [-0.1, -0.05) is 12.1 Å². The molecule has 3 rings (SSSR count). The molecule has 0 saturated carbocycles. The number of benzene rings is 1. The topological polar surface area (TPSA) is 103 Å². The first-order chi connectivity index (χ1) is 12.4. The minimum atomic E-state index is -0.642. The number of nitro groups is 1. The number of rotatable bonds is 6. The summed E-state index contributed by atoms with van der Waals surface area (Å²) in [6.45, 7) is 2.23. The maximum atomic E-state index is 12.4. The van der Waals surface area contributed by atoms with Crippen LogP contribution < -0.4 is 0 Å². The Morgan fingerprint density at radius 3 is 2.92 bits per heavy atom. The van der Waals surface area contributed by atoms with E-state index in [0.717, 1.165) is 0 Å². The van der Waals surface area contributed by atoms with Crippen LogP contribution in [0.15, 0.2) is 47.1 Å². The van der Waals surface area contributed by atoms with E-state index < -0.39 is 22.9 Å². The summed E-state index contributed by atoms with van der Waals surface area (Å²) in [4.78, 5) is 36.4. The molecule has 1 aromatic carbocycles. The van der Waals surface area contributed by atoms with Crippen molar-refractivity contribution in [1.82, 2.24) is 4.90 Å². The minimum Gasteiger partial charge on any atom is -0.467 e. The number of hydrogen-bond acceptors (Lipinski definition) is 6. The molecule has 0 aliphatic carbocycles. The van der Waals surface area contributed by atoms with E-state index in [4.69, 9.17) is 9.15 Å². The lowest BCUT2D eigenvalue weighted by atomic mass is 10.1. The van der Waals surface area contributed by atoms with E-state index in [2.05, 4.69) is 0 Å². The van der Waals surface area contributed by atoms with Crippen LogP contribution in [-0.2, 0) is 20.9 Å². The third-order valence-corrected chi connectivity index (χ3v) is 4.32. The van der Waals surface area contributed by atoms with Gasteiger partial charge in [0.05, 0.1) is 23.6 Å². The van der Waals surface area contributed by atoms with Crippen molar-refractivity contribution in [2.24, 2.45) is 5.92 Å². The second-order valence-corrected chi connectivity index (χ2v) is 6.19. The van der Waals surface area contributed by atoms with Crippen LogP contribution in [0.25, 0.3) is 0 Å². The molecule has 136 valence electrons. The van der Waals surface area contributed by atoms with Crippen LogP contribution in [0.1, 0.15) is 30.8 Å². The van der Waals surface area contributed by atoms with E-state index in [-0.39, 0.29) is 24.6 Å². The highest BCUT2D eigenvalue weighted by molar-refractivity contribution is 5.86. The number of nitrogens with zero attached hydrogens (tertiary/aromatic N) is 2. The fourth-order valence-corrected chi connectivity index (χ4v) is 2.90. The smallest absolute Gasteiger partial charge is 0.311 e. The Kier molecular flexibility index (Phi) is 5.01. The third kappa shape index (κ3) is 3.90. The van der Waals surface area contributed by atoms with Crippen molar-refractivity contribution >= 4 is 17.6 Å². The van der Waals surface area contributed by atoms with Gasteiger partial charge in [-0.15, -0.1) is 0 Å². The standard InChI is InChI=1S/C18H18N2O6/c1-12(13-4-2-5-15(8-13)20(23)24)26-18(22)14-9-17(21)19(10-14)11-16-6-3-7-25-16/h2-8,12,14H,9-11H2,1H3/t12-,14-/m1/s1. The van der Waals surface area contributed by atoms with E-state index in [9.17, 15) is 19.7 Å². The number of esters is 1. The first-order valence-electron chi connectivity index (χ1n) is 8.19. The van der Waals surface area contributed by atoms with Gasteiger partial charge in [-0.3, -0.25) is 19.7 Å². The van der Waals surface area contributed by atoms with Gasteiger partial charge < -0.3 is 14.1 Å². The molecule has 2 aromatic rings. The number of non-ortho nitro benzene ring substituents is 1. The molecule has 1 fully saturated rings. The largest absolute Gasteiger partial charge is 0.467 e. The Balaban J connectivity index is 1.60. The molecule has 0 bridgehead atoms. The molecular formula is C18H18N2O6. The highest BCUT2D eigenvalue weighted by Crippen LogP contribution is 2.26. The van der Waals surface area contributed by atoms with E-state index >= 15 is 0 Å². The third-order valence-electron chi connectivity index (χ3n) is 4.32. The number of likely N-dealkylation sites (tertiary alicyclic amines) is 1. The normalized spacial score (nSPS) is 18.0. The number of carbonyl (C=O) groups is 2. The summed E-state index contributed by atoms with van der Waals surface area (Å²) in [5.74, 6) is -0.526. The number of ether oxygens (including phenoxy) is 1. The predicted octanol–water partition coefficient (Wildman–Crippen LogP) is 2.84. The molecular weight excluding hydrogens is 340 g/mol. The number of nitro benzene ring substituents is 1. The molecule has 2 heterocycles. The molecule has 1 amide bonds. The van der Waals surface area contributed by atoms with Gasteiger partial charge in [-0.2, -0.15) is 0 Å². The molecule has 26 heavy (non-hydrogen) atoms. The number of hydrogen-bond donors (Lipinski definition) is 0. The predicted molar refractivity (Wildman–Crippen MR) is 89.8 cm³/mol. The van der Waals surface area contributed by atoms with Crippen molar-refractivity contribution < 1.29 is 23.7 Å². The van der Waals surface area contributed by atoms with Crippen molar-refractivity contribution in [2.45, 2.75) is 26.0 Å². The Labute approximate surface area is 149 Å². The van der Waals surface area contributed by atoms with Crippen LogP contribution in [0, 0.1) is 16.0 Å². The van der Waals surface area contributed by atoms with Crippen molar-refractivity contribution in [1.29, 1.82) is 0 Å². The lowest BCUT2D eigenvalue weighted by Crippen LogP contribution is -2.26. The Bertz CT molecular complexity index is 817. The Morgan fingerprint density at radius 2 is 2.23 bits per heavy atom. The molecule has 1 aliphatic rings. The minimum absolute atomic E-state index is 0.0638. The average Bonchev–Trinajstić information content (AvgIpc) is 3.25. The van der Waals surface area contributed by atoms with Gasteiger partial charge >= 0.3 is 5.97 Å². The van der Waals surface area contributed by atoms with Gasteiger partial charge in [-0.25, -0.2) is 0 Å². The zero-order chi connectivity index (χ0) is 18.7. The van der Waals surface area contributed by atoms with Gasteiger partial charge in [0.25, 0.3) is 5.69 Å². The zero-order valence-electron chi connectivity index (χ0n) is 14.2. The van der Waals surface area contributed by atoms with E-state index in [1.807, 2.05) is 0 Å². The maximum Gasteiger partial charge on any atom is 0.311 e. The quantitative estimate of drug-likeness (QED) is 0.447. The molecule has 1 saturated heterocycles. The van der Waals surface area contributed by atoms with Crippen LogP contribution in [0.2, 0.25) is 0 Å². The Hall–Kier alpha value is -3.16. The number of carbonyl (C=O) groups excluding carboxylic acids is 2. The second-order valence-electron chi connectivity index (χ2n) is 6.19. The molecule has 0 radical (unpaired) electrons.